The summed E-state index contributed by atoms with van der Waals surface area (Å²) in [5, 5.41) is 27.0. The Hall–Kier alpha value is -4.09. The molecule has 0 radical (unpaired) electrons. The van der Waals surface area contributed by atoms with Gasteiger partial charge in [-0.05, 0) is 29.1 Å². The number of thiazole rings is 1. The molecule has 0 bridgehead atoms. The Bertz CT molecular complexity index is 1540. The van der Waals surface area contributed by atoms with Crippen molar-refractivity contribution in [3.8, 4) is 21.0 Å². The fourth-order valence-corrected chi connectivity index (χ4v) is 5.17. The summed E-state index contributed by atoms with van der Waals surface area (Å²) in [5.74, 6) is -0.300. The van der Waals surface area contributed by atoms with Gasteiger partial charge in [-0.3, -0.25) is 19.7 Å². The average Bonchev–Trinajstić information content (AvgIpc) is 3.65. The van der Waals surface area contributed by atoms with Crippen molar-refractivity contribution in [1.82, 2.24) is 35.2 Å². The number of amides is 1. The molecule has 9 nitrogen and oxygen atoms in total. The molecule has 5 heterocycles. The van der Waals surface area contributed by atoms with Crippen LogP contribution in [0, 0.1) is 0 Å². The highest BCUT2D eigenvalue weighted by atomic mass is 32.1. The van der Waals surface area contributed by atoms with Crippen LogP contribution in [0.5, 0.6) is 0 Å². The first-order valence-corrected chi connectivity index (χ1v) is 11.8. The number of hydrogen-bond acceptors (Lipinski definition) is 7. The third-order valence-corrected chi connectivity index (χ3v) is 7.04. The molecule has 33 heavy (non-hydrogen) atoms. The van der Waals surface area contributed by atoms with Gasteiger partial charge in [0.1, 0.15) is 5.01 Å². The zero-order valence-corrected chi connectivity index (χ0v) is 18.7. The molecule has 0 saturated carbocycles. The Morgan fingerprint density at radius 1 is 1.15 bits per heavy atom. The molecule has 6 rings (SSSR count). The van der Waals surface area contributed by atoms with Gasteiger partial charge in [0.25, 0.3) is 5.91 Å². The van der Waals surface area contributed by atoms with E-state index < -0.39 is 0 Å². The third kappa shape index (κ3) is 3.83. The van der Waals surface area contributed by atoms with Gasteiger partial charge < -0.3 is 5.32 Å². The van der Waals surface area contributed by atoms with E-state index in [0.717, 1.165) is 37.6 Å². The number of aromatic amines is 2. The van der Waals surface area contributed by atoms with Crippen LogP contribution >= 0.6 is 22.7 Å². The van der Waals surface area contributed by atoms with Crippen LogP contribution in [0.3, 0.4) is 0 Å². The number of hydrogen-bond donors (Lipinski definition) is 3. The Morgan fingerprint density at radius 3 is 2.97 bits per heavy atom. The van der Waals surface area contributed by atoms with E-state index in [1.54, 1.807) is 45.9 Å². The monoisotopic (exact) mass is 472 g/mol. The summed E-state index contributed by atoms with van der Waals surface area (Å²) in [6, 6.07) is 9.85. The Balaban J connectivity index is 1.16. The Kier molecular flexibility index (Phi) is 4.82. The molecule has 0 aliphatic rings. The predicted octanol–water partition coefficient (Wildman–Crippen LogP) is 4.64. The lowest BCUT2D eigenvalue weighted by Gasteiger charge is -2.01. The summed E-state index contributed by atoms with van der Waals surface area (Å²) in [6.07, 6.45) is 6.97. The second kappa shape index (κ2) is 8.11. The summed E-state index contributed by atoms with van der Waals surface area (Å²) in [6.45, 7) is 0.528. The lowest BCUT2D eigenvalue weighted by Crippen LogP contribution is -2.12. The maximum atomic E-state index is 12.8. The summed E-state index contributed by atoms with van der Waals surface area (Å²) in [7, 11) is 0. The van der Waals surface area contributed by atoms with E-state index in [1.165, 1.54) is 0 Å². The number of anilines is 1. The molecule has 0 saturated heterocycles. The highest BCUT2D eigenvalue weighted by Crippen LogP contribution is 2.28. The van der Waals surface area contributed by atoms with Crippen LogP contribution in [0.2, 0.25) is 0 Å². The molecule has 5 aromatic heterocycles. The van der Waals surface area contributed by atoms with E-state index in [-0.39, 0.29) is 5.91 Å². The minimum Gasteiger partial charge on any atom is -0.318 e. The van der Waals surface area contributed by atoms with Crippen molar-refractivity contribution in [2.45, 2.75) is 6.54 Å². The van der Waals surface area contributed by atoms with Crippen LogP contribution in [0.25, 0.3) is 31.9 Å². The molecule has 11 heteroatoms. The molecule has 3 N–H and O–H groups in total. The van der Waals surface area contributed by atoms with Gasteiger partial charge in [-0.15, -0.1) is 22.7 Å². The number of carbonyl (C=O) groups excluding carboxylic acids is 1. The molecule has 0 atom stereocenters. The van der Waals surface area contributed by atoms with Crippen molar-refractivity contribution in [3.05, 3.63) is 77.3 Å². The van der Waals surface area contributed by atoms with Crippen LogP contribution in [-0.2, 0) is 6.54 Å². The Morgan fingerprint density at radius 2 is 2.12 bits per heavy atom. The third-order valence-electron chi connectivity index (χ3n) is 5.11. The lowest BCUT2D eigenvalue weighted by atomic mass is 10.1. The predicted molar refractivity (Wildman–Crippen MR) is 128 cm³/mol. The molecule has 0 spiro atoms. The quantitative estimate of drug-likeness (QED) is 0.327. The molecule has 1 amide bonds. The number of H-pyrrole nitrogens is 2. The molecule has 0 unspecified atom stereocenters. The van der Waals surface area contributed by atoms with Crippen molar-refractivity contribution in [1.29, 1.82) is 0 Å². The van der Waals surface area contributed by atoms with E-state index in [1.807, 2.05) is 41.2 Å². The molecule has 0 aliphatic carbocycles. The minimum absolute atomic E-state index is 0.300. The van der Waals surface area contributed by atoms with E-state index >= 15 is 0 Å². The van der Waals surface area contributed by atoms with E-state index in [4.69, 9.17) is 0 Å². The number of carbonyl (C=O) groups is 1. The van der Waals surface area contributed by atoms with Crippen molar-refractivity contribution in [3.63, 3.8) is 0 Å². The van der Waals surface area contributed by atoms with Gasteiger partial charge >= 0.3 is 0 Å². The topological polar surface area (TPSA) is 117 Å². The highest BCUT2D eigenvalue weighted by Gasteiger charge is 2.16. The first-order chi connectivity index (χ1) is 16.2. The molecule has 6 aromatic rings. The number of rotatable bonds is 6. The first-order valence-electron chi connectivity index (χ1n) is 10.0. The number of thiophene rings is 1. The highest BCUT2D eigenvalue weighted by molar-refractivity contribution is 7.20. The zero-order valence-electron chi connectivity index (χ0n) is 17.0. The number of aromatic nitrogens is 7. The summed E-state index contributed by atoms with van der Waals surface area (Å²) < 4.78 is 1.75. The van der Waals surface area contributed by atoms with Crippen molar-refractivity contribution >= 4 is 45.2 Å². The van der Waals surface area contributed by atoms with Gasteiger partial charge in [-0.2, -0.15) is 15.3 Å². The number of benzene rings is 1. The second-order valence-electron chi connectivity index (χ2n) is 7.32. The molecule has 0 aliphatic heterocycles. The van der Waals surface area contributed by atoms with Crippen LogP contribution < -0.4 is 5.32 Å². The minimum atomic E-state index is -0.300. The molecular formula is C22H16N8OS2. The maximum absolute atomic E-state index is 12.8. The van der Waals surface area contributed by atoms with Gasteiger partial charge in [-0.25, -0.2) is 4.98 Å². The smallest absolute Gasteiger partial charge is 0.276 e. The molecular weight excluding hydrogens is 456 g/mol. The van der Waals surface area contributed by atoms with Crippen LogP contribution in [0.4, 0.5) is 5.69 Å². The van der Waals surface area contributed by atoms with E-state index in [2.05, 4.69) is 41.9 Å². The number of fused-ring (bicyclic) bond motifs is 1. The second-order valence-corrected chi connectivity index (χ2v) is 9.13. The first kappa shape index (κ1) is 19.6. The Labute approximate surface area is 195 Å². The van der Waals surface area contributed by atoms with E-state index in [0.29, 0.717) is 17.9 Å². The van der Waals surface area contributed by atoms with Crippen LogP contribution in [0.1, 0.15) is 16.2 Å². The lowest BCUT2D eigenvalue weighted by molar-refractivity contribution is 0.102. The van der Waals surface area contributed by atoms with Crippen molar-refractivity contribution in [2.24, 2.45) is 0 Å². The van der Waals surface area contributed by atoms with Gasteiger partial charge in [0.15, 0.2) is 5.69 Å². The average molecular weight is 473 g/mol. The van der Waals surface area contributed by atoms with Gasteiger partial charge in [0.2, 0.25) is 0 Å². The van der Waals surface area contributed by atoms with E-state index in [9.17, 15) is 4.79 Å². The maximum Gasteiger partial charge on any atom is 0.276 e. The van der Waals surface area contributed by atoms with Crippen molar-refractivity contribution < 1.29 is 4.79 Å². The fourth-order valence-electron chi connectivity index (χ4n) is 3.54. The normalized spacial score (nSPS) is 11.3. The van der Waals surface area contributed by atoms with Gasteiger partial charge in [0, 0.05) is 28.7 Å². The molecule has 162 valence electrons. The van der Waals surface area contributed by atoms with Gasteiger partial charge in [-0.1, -0.05) is 12.1 Å². The van der Waals surface area contributed by atoms with Crippen molar-refractivity contribution in [2.75, 3.05) is 5.32 Å². The summed E-state index contributed by atoms with van der Waals surface area (Å²) in [4.78, 5) is 18.7. The van der Waals surface area contributed by atoms with Gasteiger partial charge in [0.05, 0.1) is 40.7 Å². The zero-order chi connectivity index (χ0) is 22.2. The summed E-state index contributed by atoms with van der Waals surface area (Å²) >= 11 is 3.29. The summed E-state index contributed by atoms with van der Waals surface area (Å²) in [5.41, 5.74) is 4.58. The largest absolute Gasteiger partial charge is 0.318 e. The van der Waals surface area contributed by atoms with Crippen LogP contribution in [-0.4, -0.2) is 41.1 Å². The van der Waals surface area contributed by atoms with Crippen LogP contribution in [0.15, 0.2) is 65.9 Å². The number of nitrogens with one attached hydrogen (secondary N) is 3. The number of nitrogens with zero attached hydrogens (tertiary/aromatic N) is 5. The SMILES string of the molecule is O=C(Nc1cnn(Cc2csc(-c3cccs3)n2)c1)c1n[nH]c2cc(-c3cn[nH]c3)ccc12. The molecule has 0 fully saturated rings. The molecule has 1 aromatic carbocycles. The fraction of sp³-hybridized carbons (Fsp3) is 0.0455. The standard InChI is InChI=1S/C22H16N8OS2/c31-21(20-17-4-3-13(6-18(17)28-29-20)14-7-23-24-8-14)26-15-9-25-30(10-15)11-16-12-33-22(27-16)19-2-1-5-32-19/h1-10,12H,11H2,(H,23,24)(H,26,31)(H,28,29).